The summed E-state index contributed by atoms with van der Waals surface area (Å²) >= 11 is 3.47. The quantitative estimate of drug-likeness (QED) is 0.435. The SMILES string of the molecule is C#Cc1ccc(C(=O)c2c(Br)cc3n2CCC3C(=O)OCCC)cc1. The maximum absolute atomic E-state index is 12.9. The number of halogens is 1. The third-order valence-electron chi connectivity index (χ3n) is 4.34. The fourth-order valence-corrected chi connectivity index (χ4v) is 3.73. The molecule has 0 spiro atoms. The van der Waals surface area contributed by atoms with Gasteiger partial charge in [0.1, 0.15) is 5.69 Å². The van der Waals surface area contributed by atoms with Crippen molar-refractivity contribution in [2.45, 2.75) is 32.2 Å². The molecular weight excluding hydrogens is 382 g/mol. The molecule has 0 saturated carbocycles. The molecule has 0 fully saturated rings. The molecule has 0 amide bonds. The van der Waals surface area contributed by atoms with Crippen molar-refractivity contribution in [3.8, 4) is 12.3 Å². The first kappa shape index (κ1) is 17.5. The van der Waals surface area contributed by atoms with Gasteiger partial charge in [0.15, 0.2) is 0 Å². The Morgan fingerprint density at radius 3 is 2.72 bits per heavy atom. The fourth-order valence-electron chi connectivity index (χ4n) is 3.10. The smallest absolute Gasteiger partial charge is 0.315 e. The Morgan fingerprint density at radius 1 is 1.36 bits per heavy atom. The Labute approximate surface area is 155 Å². The molecule has 128 valence electrons. The average molecular weight is 400 g/mol. The Morgan fingerprint density at radius 2 is 2.08 bits per heavy atom. The normalized spacial score (nSPS) is 15.5. The summed E-state index contributed by atoms with van der Waals surface area (Å²) in [7, 11) is 0. The van der Waals surface area contributed by atoms with Gasteiger partial charge in [0.2, 0.25) is 5.78 Å². The summed E-state index contributed by atoms with van der Waals surface area (Å²) in [5.74, 6) is 1.91. The lowest BCUT2D eigenvalue weighted by molar-refractivity contribution is -0.145. The highest BCUT2D eigenvalue weighted by Gasteiger charge is 2.34. The molecule has 0 N–H and O–H groups in total. The molecular formula is C20H18BrNO3. The number of ether oxygens (including phenoxy) is 1. The van der Waals surface area contributed by atoms with E-state index in [1.165, 1.54) is 0 Å². The molecule has 0 aliphatic carbocycles. The predicted octanol–water partition coefficient (Wildman–Crippen LogP) is 3.90. The molecule has 25 heavy (non-hydrogen) atoms. The number of hydrogen-bond acceptors (Lipinski definition) is 3. The lowest BCUT2D eigenvalue weighted by Gasteiger charge is -2.09. The molecule has 0 radical (unpaired) electrons. The third kappa shape index (κ3) is 3.27. The Bertz CT molecular complexity index is 858. The van der Waals surface area contributed by atoms with E-state index in [2.05, 4.69) is 21.9 Å². The fraction of sp³-hybridized carbons (Fsp3) is 0.300. The largest absolute Gasteiger partial charge is 0.465 e. The molecule has 2 aromatic rings. The summed E-state index contributed by atoms with van der Waals surface area (Å²) < 4.78 is 7.89. The van der Waals surface area contributed by atoms with Crippen LogP contribution in [-0.2, 0) is 16.1 Å². The Kier molecular flexibility index (Phi) is 5.10. The summed E-state index contributed by atoms with van der Waals surface area (Å²) in [6.45, 7) is 3.00. The van der Waals surface area contributed by atoms with Crippen LogP contribution in [0.3, 0.4) is 0 Å². The molecule has 1 aromatic heterocycles. The maximum atomic E-state index is 12.9. The summed E-state index contributed by atoms with van der Waals surface area (Å²) in [4.78, 5) is 25.2. The number of hydrogen-bond donors (Lipinski definition) is 0. The average Bonchev–Trinajstić information content (AvgIpc) is 3.16. The lowest BCUT2D eigenvalue weighted by atomic mass is 10.0. The van der Waals surface area contributed by atoms with E-state index in [1.807, 2.05) is 17.6 Å². The summed E-state index contributed by atoms with van der Waals surface area (Å²) in [6, 6.07) is 8.81. The van der Waals surface area contributed by atoms with Crippen LogP contribution in [0.2, 0.25) is 0 Å². The van der Waals surface area contributed by atoms with Gasteiger partial charge < -0.3 is 9.30 Å². The van der Waals surface area contributed by atoms with E-state index < -0.39 is 0 Å². The van der Waals surface area contributed by atoms with Crippen molar-refractivity contribution < 1.29 is 14.3 Å². The second-order valence-electron chi connectivity index (χ2n) is 5.98. The number of benzene rings is 1. The van der Waals surface area contributed by atoms with Crippen LogP contribution >= 0.6 is 15.9 Å². The standard InChI is InChI=1S/C20H18BrNO3/c1-3-11-25-20(24)15-9-10-22-17(15)12-16(21)18(22)19(23)14-7-5-13(4-2)6-8-14/h2,5-8,12,15H,3,9-11H2,1H3. The molecule has 1 aliphatic rings. The molecule has 5 heteroatoms. The zero-order valence-electron chi connectivity index (χ0n) is 13.9. The van der Waals surface area contributed by atoms with Crippen LogP contribution in [0.1, 0.15) is 53.0 Å². The number of aromatic nitrogens is 1. The highest BCUT2D eigenvalue weighted by molar-refractivity contribution is 9.10. The van der Waals surface area contributed by atoms with Crippen LogP contribution in [0.4, 0.5) is 0 Å². The predicted molar refractivity (Wildman–Crippen MR) is 98.5 cm³/mol. The van der Waals surface area contributed by atoms with E-state index in [0.29, 0.717) is 35.3 Å². The second kappa shape index (κ2) is 7.28. The van der Waals surface area contributed by atoms with Crippen molar-refractivity contribution >= 4 is 27.7 Å². The Hall–Kier alpha value is -2.32. The highest BCUT2D eigenvalue weighted by Crippen LogP contribution is 2.36. The van der Waals surface area contributed by atoms with Gasteiger partial charge in [0, 0.05) is 27.8 Å². The van der Waals surface area contributed by atoms with Crippen molar-refractivity contribution in [1.82, 2.24) is 4.57 Å². The van der Waals surface area contributed by atoms with E-state index in [1.54, 1.807) is 24.3 Å². The molecule has 1 atom stereocenters. The van der Waals surface area contributed by atoms with E-state index in [-0.39, 0.29) is 17.7 Å². The van der Waals surface area contributed by atoms with Gasteiger partial charge in [-0.15, -0.1) is 6.42 Å². The monoisotopic (exact) mass is 399 g/mol. The van der Waals surface area contributed by atoms with Gasteiger partial charge in [-0.25, -0.2) is 0 Å². The number of nitrogens with zero attached hydrogens (tertiary/aromatic N) is 1. The molecule has 1 aromatic carbocycles. The maximum Gasteiger partial charge on any atom is 0.315 e. The first-order valence-electron chi connectivity index (χ1n) is 8.23. The first-order valence-corrected chi connectivity index (χ1v) is 9.03. The number of ketones is 1. The molecule has 0 bridgehead atoms. The van der Waals surface area contributed by atoms with Crippen LogP contribution in [0.15, 0.2) is 34.8 Å². The summed E-state index contributed by atoms with van der Waals surface area (Å²) in [5, 5.41) is 0. The van der Waals surface area contributed by atoms with Crippen LogP contribution in [0.5, 0.6) is 0 Å². The van der Waals surface area contributed by atoms with Gasteiger partial charge in [0.05, 0.1) is 12.5 Å². The van der Waals surface area contributed by atoms with Crippen molar-refractivity contribution in [2.75, 3.05) is 6.61 Å². The number of terminal acetylenes is 1. The van der Waals surface area contributed by atoms with Crippen LogP contribution in [-0.4, -0.2) is 22.9 Å². The molecule has 0 saturated heterocycles. The van der Waals surface area contributed by atoms with Crippen LogP contribution < -0.4 is 0 Å². The van der Waals surface area contributed by atoms with Gasteiger partial charge in [-0.05, 0) is 59.1 Å². The molecule has 4 nitrogen and oxygen atoms in total. The van der Waals surface area contributed by atoms with Gasteiger partial charge in [-0.1, -0.05) is 12.8 Å². The number of fused-ring (bicyclic) bond motifs is 1. The van der Waals surface area contributed by atoms with Gasteiger partial charge in [-0.3, -0.25) is 9.59 Å². The number of carbonyl (C=O) groups is 2. The van der Waals surface area contributed by atoms with Crippen molar-refractivity contribution in [3.63, 3.8) is 0 Å². The molecule has 3 rings (SSSR count). The zero-order valence-corrected chi connectivity index (χ0v) is 15.5. The minimum atomic E-state index is -0.312. The van der Waals surface area contributed by atoms with E-state index in [9.17, 15) is 9.59 Å². The van der Waals surface area contributed by atoms with E-state index in [0.717, 1.165) is 17.7 Å². The minimum Gasteiger partial charge on any atom is -0.465 e. The van der Waals surface area contributed by atoms with Gasteiger partial charge in [0.25, 0.3) is 0 Å². The number of esters is 1. The summed E-state index contributed by atoms with van der Waals surface area (Å²) in [5.41, 5.74) is 2.69. The number of carbonyl (C=O) groups excluding carboxylic acids is 2. The Balaban J connectivity index is 1.90. The van der Waals surface area contributed by atoms with Gasteiger partial charge >= 0.3 is 5.97 Å². The zero-order chi connectivity index (χ0) is 18.0. The molecule has 1 aliphatic heterocycles. The molecule has 2 heterocycles. The van der Waals surface area contributed by atoms with Crippen LogP contribution in [0.25, 0.3) is 0 Å². The highest BCUT2D eigenvalue weighted by atomic mass is 79.9. The van der Waals surface area contributed by atoms with Gasteiger partial charge in [-0.2, -0.15) is 0 Å². The first-order chi connectivity index (χ1) is 12.1. The molecule has 1 unspecified atom stereocenters. The van der Waals surface area contributed by atoms with E-state index >= 15 is 0 Å². The van der Waals surface area contributed by atoms with Crippen molar-refractivity contribution in [3.05, 3.63) is 57.3 Å². The lowest BCUT2D eigenvalue weighted by Crippen LogP contribution is -2.14. The third-order valence-corrected chi connectivity index (χ3v) is 4.95. The van der Waals surface area contributed by atoms with Crippen molar-refractivity contribution in [2.24, 2.45) is 0 Å². The topological polar surface area (TPSA) is 48.3 Å². The van der Waals surface area contributed by atoms with E-state index in [4.69, 9.17) is 11.2 Å². The van der Waals surface area contributed by atoms with Crippen LogP contribution in [0, 0.1) is 12.3 Å². The number of rotatable bonds is 5. The van der Waals surface area contributed by atoms with Crippen molar-refractivity contribution in [1.29, 1.82) is 0 Å². The summed E-state index contributed by atoms with van der Waals surface area (Å²) in [6.07, 6.45) is 6.80. The second-order valence-corrected chi connectivity index (χ2v) is 6.83. The minimum absolute atomic E-state index is 0.0933.